The molecule has 17 heavy (non-hydrogen) atoms. The molecule has 0 radical (unpaired) electrons. The molecule has 0 unspecified atom stereocenters. The summed E-state index contributed by atoms with van der Waals surface area (Å²) in [5, 5.41) is 9.07. The smallest absolute Gasteiger partial charge is 0.128 e. The lowest BCUT2D eigenvalue weighted by molar-refractivity contribution is 0.277. The van der Waals surface area contributed by atoms with Gasteiger partial charge in [-0.15, -0.1) is 0 Å². The number of aliphatic hydroxyl groups excluding tert-OH is 1. The summed E-state index contributed by atoms with van der Waals surface area (Å²) in [7, 11) is 0. The van der Waals surface area contributed by atoms with Gasteiger partial charge in [-0.05, 0) is 29.3 Å². The van der Waals surface area contributed by atoms with E-state index >= 15 is 0 Å². The SMILES string of the molecule is OCc1ccc2c(c1)OCc1cc(F)ccc1-2. The fourth-order valence-electron chi connectivity index (χ4n) is 2.11. The fraction of sp³-hybridized carbons (Fsp3) is 0.143. The molecule has 2 nitrogen and oxygen atoms in total. The molecule has 1 aliphatic rings. The maximum Gasteiger partial charge on any atom is 0.128 e. The second-order valence-electron chi connectivity index (χ2n) is 4.08. The Kier molecular flexibility index (Phi) is 2.34. The molecule has 0 amide bonds. The number of aliphatic hydroxyl groups is 1. The summed E-state index contributed by atoms with van der Waals surface area (Å²) in [5.74, 6) is 0.499. The van der Waals surface area contributed by atoms with Gasteiger partial charge in [-0.1, -0.05) is 18.2 Å². The van der Waals surface area contributed by atoms with Gasteiger partial charge in [0.25, 0.3) is 0 Å². The van der Waals surface area contributed by atoms with Crippen molar-refractivity contribution in [1.29, 1.82) is 0 Å². The largest absolute Gasteiger partial charge is 0.488 e. The Morgan fingerprint density at radius 1 is 1.12 bits per heavy atom. The quantitative estimate of drug-likeness (QED) is 0.816. The molecular weight excluding hydrogens is 219 g/mol. The van der Waals surface area contributed by atoms with Crippen molar-refractivity contribution in [2.75, 3.05) is 0 Å². The van der Waals surface area contributed by atoms with Crippen molar-refractivity contribution in [2.24, 2.45) is 0 Å². The number of halogens is 1. The molecule has 1 N–H and O–H groups in total. The van der Waals surface area contributed by atoms with E-state index in [2.05, 4.69) is 0 Å². The topological polar surface area (TPSA) is 29.5 Å². The van der Waals surface area contributed by atoms with Crippen LogP contribution >= 0.6 is 0 Å². The minimum absolute atomic E-state index is 0.00703. The van der Waals surface area contributed by atoms with E-state index in [0.717, 1.165) is 28.0 Å². The zero-order chi connectivity index (χ0) is 11.8. The summed E-state index contributed by atoms with van der Waals surface area (Å²) in [6, 6.07) is 10.3. The van der Waals surface area contributed by atoms with Crippen LogP contribution in [0.15, 0.2) is 36.4 Å². The molecule has 0 aromatic heterocycles. The van der Waals surface area contributed by atoms with Crippen LogP contribution in [0.4, 0.5) is 4.39 Å². The van der Waals surface area contributed by atoms with Crippen molar-refractivity contribution < 1.29 is 14.2 Å². The fourth-order valence-corrected chi connectivity index (χ4v) is 2.11. The van der Waals surface area contributed by atoms with Gasteiger partial charge in [0.2, 0.25) is 0 Å². The Hall–Kier alpha value is -1.87. The number of hydrogen-bond acceptors (Lipinski definition) is 2. The van der Waals surface area contributed by atoms with Crippen molar-refractivity contribution in [2.45, 2.75) is 13.2 Å². The Morgan fingerprint density at radius 2 is 1.94 bits per heavy atom. The molecule has 2 aromatic rings. The predicted molar refractivity (Wildman–Crippen MR) is 62.1 cm³/mol. The molecule has 3 rings (SSSR count). The van der Waals surface area contributed by atoms with Crippen LogP contribution in [0, 0.1) is 5.82 Å². The van der Waals surface area contributed by atoms with Crippen molar-refractivity contribution >= 4 is 0 Å². The third-order valence-corrected chi connectivity index (χ3v) is 2.97. The highest BCUT2D eigenvalue weighted by Gasteiger charge is 2.17. The van der Waals surface area contributed by atoms with Gasteiger partial charge in [0.1, 0.15) is 18.2 Å². The number of ether oxygens (including phenoxy) is 1. The van der Waals surface area contributed by atoms with Crippen LogP contribution < -0.4 is 4.74 Å². The maximum absolute atomic E-state index is 13.1. The Morgan fingerprint density at radius 3 is 2.76 bits per heavy atom. The second kappa shape index (κ2) is 3.86. The molecule has 0 bridgehead atoms. The van der Waals surface area contributed by atoms with Gasteiger partial charge >= 0.3 is 0 Å². The molecule has 0 atom stereocenters. The molecule has 2 aromatic carbocycles. The standard InChI is InChI=1S/C14H11FO2/c15-11-2-4-12-10(6-11)8-17-14-5-9(7-16)1-3-13(12)14/h1-6,16H,7-8H2. The van der Waals surface area contributed by atoms with Crippen LogP contribution in [0.1, 0.15) is 11.1 Å². The summed E-state index contributed by atoms with van der Waals surface area (Å²) in [4.78, 5) is 0. The molecular formula is C14H11FO2. The molecule has 0 saturated carbocycles. The predicted octanol–water partition coefficient (Wildman–Crippen LogP) is 2.88. The Balaban J connectivity index is 2.16. The van der Waals surface area contributed by atoms with E-state index in [0.29, 0.717) is 6.61 Å². The lowest BCUT2D eigenvalue weighted by Crippen LogP contribution is -2.06. The highest BCUT2D eigenvalue weighted by molar-refractivity contribution is 5.75. The van der Waals surface area contributed by atoms with Gasteiger partial charge in [0, 0.05) is 11.1 Å². The van der Waals surface area contributed by atoms with E-state index in [1.165, 1.54) is 12.1 Å². The number of fused-ring (bicyclic) bond motifs is 3. The molecule has 0 spiro atoms. The van der Waals surface area contributed by atoms with Crippen LogP contribution in [-0.4, -0.2) is 5.11 Å². The van der Waals surface area contributed by atoms with Gasteiger partial charge in [-0.25, -0.2) is 4.39 Å². The first-order valence-corrected chi connectivity index (χ1v) is 5.43. The van der Waals surface area contributed by atoms with E-state index in [4.69, 9.17) is 9.84 Å². The van der Waals surface area contributed by atoms with Crippen molar-refractivity contribution in [3.63, 3.8) is 0 Å². The van der Waals surface area contributed by atoms with Crippen LogP contribution in [0.25, 0.3) is 11.1 Å². The minimum atomic E-state index is -0.247. The van der Waals surface area contributed by atoms with Crippen molar-refractivity contribution in [1.82, 2.24) is 0 Å². The summed E-state index contributed by atoms with van der Waals surface area (Å²) in [5.41, 5.74) is 3.61. The van der Waals surface area contributed by atoms with Gasteiger partial charge < -0.3 is 9.84 Å². The van der Waals surface area contributed by atoms with Crippen LogP contribution in [0.2, 0.25) is 0 Å². The first kappa shape index (κ1) is 10.3. The van der Waals surface area contributed by atoms with Gasteiger partial charge in [-0.2, -0.15) is 0 Å². The monoisotopic (exact) mass is 230 g/mol. The van der Waals surface area contributed by atoms with Crippen LogP contribution in [-0.2, 0) is 13.2 Å². The first-order chi connectivity index (χ1) is 8.28. The molecule has 1 heterocycles. The highest BCUT2D eigenvalue weighted by atomic mass is 19.1. The number of hydrogen-bond donors (Lipinski definition) is 1. The van der Waals surface area contributed by atoms with E-state index in [9.17, 15) is 4.39 Å². The highest BCUT2D eigenvalue weighted by Crippen LogP contribution is 2.38. The van der Waals surface area contributed by atoms with Crippen molar-refractivity contribution in [3.8, 4) is 16.9 Å². The van der Waals surface area contributed by atoms with E-state index in [1.807, 2.05) is 18.2 Å². The molecule has 86 valence electrons. The summed E-state index contributed by atoms with van der Waals surface area (Å²) in [6.45, 7) is 0.363. The van der Waals surface area contributed by atoms with E-state index in [1.54, 1.807) is 6.07 Å². The van der Waals surface area contributed by atoms with E-state index < -0.39 is 0 Å². The molecule has 0 saturated heterocycles. The number of rotatable bonds is 1. The van der Waals surface area contributed by atoms with Crippen molar-refractivity contribution in [3.05, 3.63) is 53.3 Å². The molecule has 0 aliphatic carbocycles. The lowest BCUT2D eigenvalue weighted by atomic mass is 9.96. The van der Waals surface area contributed by atoms with E-state index in [-0.39, 0.29) is 12.4 Å². The second-order valence-corrected chi connectivity index (χ2v) is 4.08. The first-order valence-electron chi connectivity index (χ1n) is 5.43. The minimum Gasteiger partial charge on any atom is -0.488 e. The van der Waals surface area contributed by atoms with Crippen LogP contribution in [0.5, 0.6) is 5.75 Å². The Bertz CT molecular complexity index is 578. The van der Waals surface area contributed by atoms with Gasteiger partial charge in [-0.3, -0.25) is 0 Å². The molecule has 1 aliphatic heterocycles. The van der Waals surface area contributed by atoms with Crippen LogP contribution in [0.3, 0.4) is 0 Å². The molecule has 0 fully saturated rings. The zero-order valence-electron chi connectivity index (χ0n) is 9.11. The molecule has 3 heteroatoms. The lowest BCUT2D eigenvalue weighted by Gasteiger charge is -2.21. The zero-order valence-corrected chi connectivity index (χ0v) is 9.11. The van der Waals surface area contributed by atoms with Gasteiger partial charge in [0.15, 0.2) is 0 Å². The summed E-state index contributed by atoms with van der Waals surface area (Å²) < 4.78 is 18.7. The summed E-state index contributed by atoms with van der Waals surface area (Å²) >= 11 is 0. The maximum atomic E-state index is 13.1. The third-order valence-electron chi connectivity index (χ3n) is 2.97. The normalized spacial score (nSPS) is 12.6. The Labute approximate surface area is 98.3 Å². The average Bonchev–Trinajstić information content (AvgIpc) is 2.37. The summed E-state index contributed by atoms with van der Waals surface area (Å²) in [6.07, 6.45) is 0. The third kappa shape index (κ3) is 1.68. The average molecular weight is 230 g/mol. The van der Waals surface area contributed by atoms with Gasteiger partial charge in [0.05, 0.1) is 6.61 Å². The number of benzene rings is 2.